The first-order chi connectivity index (χ1) is 14.4. The molecule has 1 aromatic carbocycles. The molecule has 5 heteroatoms. The molecule has 3 aliphatic heterocycles. The van der Waals surface area contributed by atoms with Gasteiger partial charge in [-0.15, -0.1) is 0 Å². The first kappa shape index (κ1) is 20.9. The number of ether oxygens (including phenoxy) is 1. The minimum atomic E-state index is 0.218. The summed E-state index contributed by atoms with van der Waals surface area (Å²) >= 11 is 1.83. The van der Waals surface area contributed by atoms with Crippen molar-refractivity contribution >= 4 is 23.2 Å². The van der Waals surface area contributed by atoms with Gasteiger partial charge in [0.05, 0.1) is 20.2 Å². The highest BCUT2D eigenvalue weighted by atomic mass is 32.2. The van der Waals surface area contributed by atoms with Crippen molar-refractivity contribution in [2.24, 2.45) is 5.92 Å². The molecule has 0 N–H and O–H groups in total. The third-order valence-electron chi connectivity index (χ3n) is 5.92. The van der Waals surface area contributed by atoms with E-state index in [0.29, 0.717) is 12.5 Å². The summed E-state index contributed by atoms with van der Waals surface area (Å²) in [5.74, 6) is 1.43. The molecule has 0 bridgehead atoms. The number of benzene rings is 1. The van der Waals surface area contributed by atoms with E-state index in [1.54, 1.807) is 7.11 Å². The normalized spacial score (nSPS) is 18.9. The molecule has 0 aromatic heterocycles. The van der Waals surface area contributed by atoms with E-state index in [9.17, 15) is 4.79 Å². The van der Waals surface area contributed by atoms with Gasteiger partial charge in [-0.1, -0.05) is 49.9 Å². The smallest absolute Gasteiger partial charge is 0.242 e. The third-order valence-corrected chi connectivity index (χ3v) is 7.08. The molecule has 1 aromatic rings. The van der Waals surface area contributed by atoms with Gasteiger partial charge in [0.2, 0.25) is 5.91 Å². The van der Waals surface area contributed by atoms with Crippen molar-refractivity contribution in [2.75, 3.05) is 33.3 Å². The van der Waals surface area contributed by atoms with Crippen LogP contribution in [0.4, 0.5) is 0 Å². The van der Waals surface area contributed by atoms with Crippen LogP contribution in [0.2, 0.25) is 0 Å². The highest BCUT2D eigenvalue weighted by molar-refractivity contribution is 8.06. The zero-order valence-electron chi connectivity index (χ0n) is 18.3. The summed E-state index contributed by atoms with van der Waals surface area (Å²) in [4.78, 5) is 20.1. The van der Waals surface area contributed by atoms with Crippen LogP contribution in [0.3, 0.4) is 0 Å². The topological polar surface area (TPSA) is 32.8 Å². The summed E-state index contributed by atoms with van der Waals surface area (Å²) in [6.07, 6.45) is 7.72. The van der Waals surface area contributed by atoms with E-state index in [-0.39, 0.29) is 5.91 Å². The molecule has 0 radical (unpaired) electrons. The second kappa shape index (κ2) is 8.76. The van der Waals surface area contributed by atoms with Gasteiger partial charge in [-0.3, -0.25) is 4.79 Å². The second-order valence-electron chi connectivity index (χ2n) is 8.39. The molecule has 0 saturated heterocycles. The van der Waals surface area contributed by atoms with Crippen LogP contribution in [-0.4, -0.2) is 49.0 Å². The molecular formula is C25H30N2O2S. The van der Waals surface area contributed by atoms with Crippen molar-refractivity contribution in [3.63, 3.8) is 0 Å². The Morgan fingerprint density at radius 2 is 1.93 bits per heavy atom. The number of carbonyl (C=O) groups is 1. The monoisotopic (exact) mass is 422 g/mol. The Balaban J connectivity index is 1.43. The van der Waals surface area contributed by atoms with Gasteiger partial charge in [-0.05, 0) is 59.1 Å². The summed E-state index contributed by atoms with van der Waals surface area (Å²) in [5.41, 5.74) is 5.02. The Labute approximate surface area is 184 Å². The minimum Gasteiger partial charge on any atom is -0.497 e. The zero-order valence-corrected chi connectivity index (χ0v) is 19.1. The first-order valence-electron chi connectivity index (χ1n) is 10.6. The van der Waals surface area contributed by atoms with E-state index in [4.69, 9.17) is 4.74 Å². The van der Waals surface area contributed by atoms with Crippen molar-refractivity contribution in [2.45, 2.75) is 27.2 Å². The Bertz CT molecular complexity index is 954. The Morgan fingerprint density at radius 1 is 1.17 bits per heavy atom. The van der Waals surface area contributed by atoms with Crippen LogP contribution < -0.4 is 4.74 Å². The second-order valence-corrected chi connectivity index (χ2v) is 9.73. The maximum Gasteiger partial charge on any atom is 0.242 e. The number of amides is 1. The van der Waals surface area contributed by atoms with E-state index in [1.807, 2.05) is 28.8 Å². The van der Waals surface area contributed by atoms with E-state index in [1.165, 1.54) is 32.2 Å². The third kappa shape index (κ3) is 4.36. The van der Waals surface area contributed by atoms with E-state index < -0.39 is 0 Å². The molecule has 0 atom stereocenters. The molecule has 0 saturated carbocycles. The Hall–Kier alpha value is -2.40. The molecule has 3 heterocycles. The molecular weight excluding hydrogens is 392 g/mol. The molecule has 3 aliphatic rings. The van der Waals surface area contributed by atoms with E-state index in [0.717, 1.165) is 31.8 Å². The van der Waals surface area contributed by atoms with Crippen molar-refractivity contribution in [3.8, 4) is 5.75 Å². The molecule has 158 valence electrons. The summed E-state index contributed by atoms with van der Waals surface area (Å²) in [6.45, 7) is 9.29. The highest BCUT2D eigenvalue weighted by Gasteiger charge is 2.29. The molecule has 4 rings (SSSR count). The van der Waals surface area contributed by atoms with Crippen LogP contribution in [-0.2, 0) is 4.79 Å². The number of hydrogen-bond donors (Lipinski definition) is 0. The lowest BCUT2D eigenvalue weighted by molar-refractivity contribution is -0.130. The Morgan fingerprint density at radius 3 is 2.63 bits per heavy atom. The van der Waals surface area contributed by atoms with Crippen LogP contribution in [0, 0.1) is 5.92 Å². The Kier molecular flexibility index (Phi) is 6.09. The summed E-state index contributed by atoms with van der Waals surface area (Å²) in [5, 5.41) is 0. The predicted octanol–water partition coefficient (Wildman–Crippen LogP) is 5.07. The largest absolute Gasteiger partial charge is 0.497 e. The molecule has 0 spiro atoms. The maximum atomic E-state index is 13.1. The van der Waals surface area contributed by atoms with Gasteiger partial charge in [0.25, 0.3) is 0 Å². The number of thioether (sulfide) groups is 1. The average Bonchev–Trinajstić information content (AvgIpc) is 3.17. The SMILES string of the molecule is COc1ccc(C2=CCN(CC(=O)N3CC4=C(C3)SC(C)=CC4)C(C(C)C)=C2)cc1. The van der Waals surface area contributed by atoms with Crippen LogP contribution in [0.1, 0.15) is 32.8 Å². The number of nitrogens with zero attached hydrogens (tertiary/aromatic N) is 2. The number of carbonyl (C=O) groups excluding carboxylic acids is 1. The number of allylic oxidation sites excluding steroid dienone is 5. The van der Waals surface area contributed by atoms with E-state index >= 15 is 0 Å². The average molecular weight is 423 g/mol. The van der Waals surface area contributed by atoms with Gasteiger partial charge < -0.3 is 14.5 Å². The van der Waals surface area contributed by atoms with Crippen molar-refractivity contribution < 1.29 is 9.53 Å². The van der Waals surface area contributed by atoms with Crippen molar-refractivity contribution in [1.82, 2.24) is 9.80 Å². The fourth-order valence-corrected chi connectivity index (χ4v) is 5.25. The van der Waals surface area contributed by atoms with Gasteiger partial charge >= 0.3 is 0 Å². The van der Waals surface area contributed by atoms with Gasteiger partial charge in [-0.25, -0.2) is 0 Å². The lowest BCUT2D eigenvalue weighted by Gasteiger charge is -2.33. The fourth-order valence-electron chi connectivity index (χ4n) is 4.18. The van der Waals surface area contributed by atoms with E-state index in [2.05, 4.69) is 56.0 Å². The predicted molar refractivity (Wildman–Crippen MR) is 125 cm³/mol. The molecule has 4 nitrogen and oxygen atoms in total. The highest BCUT2D eigenvalue weighted by Crippen LogP contribution is 2.38. The first-order valence-corrected chi connectivity index (χ1v) is 11.4. The van der Waals surface area contributed by atoms with Gasteiger partial charge in [0.1, 0.15) is 5.75 Å². The van der Waals surface area contributed by atoms with Gasteiger partial charge in [0.15, 0.2) is 0 Å². The van der Waals surface area contributed by atoms with Gasteiger partial charge in [-0.2, -0.15) is 0 Å². The molecule has 30 heavy (non-hydrogen) atoms. The molecule has 1 amide bonds. The van der Waals surface area contributed by atoms with Crippen molar-refractivity contribution in [1.29, 1.82) is 0 Å². The number of methoxy groups -OCH3 is 1. The summed E-state index contributed by atoms with van der Waals surface area (Å²) in [6, 6.07) is 8.17. The molecule has 0 fully saturated rings. The summed E-state index contributed by atoms with van der Waals surface area (Å²) < 4.78 is 5.27. The standard InChI is InChI=1S/C25H30N2O2S/c1-17(2)23-13-20(19-7-9-22(29-4)10-8-19)11-12-26(23)16-25(28)27-14-21-6-5-18(3)30-24(21)15-27/h5,7-11,13,17H,6,12,14-16H2,1-4H3. The van der Waals surface area contributed by atoms with Gasteiger partial charge in [0, 0.05) is 23.7 Å². The zero-order chi connectivity index (χ0) is 21.3. The fraction of sp³-hybridized carbons (Fsp3) is 0.400. The summed E-state index contributed by atoms with van der Waals surface area (Å²) in [7, 11) is 1.68. The lowest BCUT2D eigenvalue weighted by atomic mass is 9.97. The lowest BCUT2D eigenvalue weighted by Crippen LogP contribution is -2.41. The minimum absolute atomic E-state index is 0.218. The van der Waals surface area contributed by atoms with Crippen LogP contribution in [0.15, 0.2) is 63.6 Å². The van der Waals surface area contributed by atoms with Crippen molar-refractivity contribution in [3.05, 3.63) is 69.1 Å². The quantitative estimate of drug-likeness (QED) is 0.663. The van der Waals surface area contributed by atoms with Crippen LogP contribution >= 0.6 is 11.8 Å². The maximum absolute atomic E-state index is 13.1. The van der Waals surface area contributed by atoms with Crippen LogP contribution in [0.25, 0.3) is 5.57 Å². The number of hydrogen-bond acceptors (Lipinski definition) is 4. The molecule has 0 aliphatic carbocycles. The molecule has 0 unspecified atom stereocenters. The van der Waals surface area contributed by atoms with Crippen LogP contribution in [0.5, 0.6) is 5.75 Å². The number of rotatable bonds is 5.